The maximum atomic E-state index is 12.7. The van der Waals surface area contributed by atoms with Crippen molar-refractivity contribution in [2.45, 2.75) is 32.7 Å². The van der Waals surface area contributed by atoms with E-state index >= 15 is 0 Å². The fourth-order valence-corrected chi connectivity index (χ4v) is 10.5. The minimum absolute atomic E-state index is 0.0187. The number of thiol groups is 1. The van der Waals surface area contributed by atoms with E-state index in [0.717, 1.165) is 29.8 Å². The number of hydrogen-bond acceptors (Lipinski definition) is 4. The van der Waals surface area contributed by atoms with Crippen molar-refractivity contribution in [1.82, 2.24) is 5.32 Å². The third-order valence-electron chi connectivity index (χ3n) is 5.59. The van der Waals surface area contributed by atoms with Crippen LogP contribution in [0.3, 0.4) is 0 Å². The Morgan fingerprint density at radius 2 is 1.78 bits per heavy atom. The molecule has 2 nitrogen and oxygen atoms in total. The third-order valence-corrected chi connectivity index (χ3v) is 13.4. The fourth-order valence-electron chi connectivity index (χ4n) is 3.74. The second-order valence-electron chi connectivity index (χ2n) is 7.40. The highest BCUT2D eigenvalue weighted by Crippen LogP contribution is 2.62. The summed E-state index contributed by atoms with van der Waals surface area (Å²) in [7, 11) is -0.242. The van der Waals surface area contributed by atoms with E-state index in [1.165, 1.54) is 22.6 Å². The highest BCUT2D eigenvalue weighted by atomic mass is 32.2. The van der Waals surface area contributed by atoms with Gasteiger partial charge in [0.2, 0.25) is 0 Å². The molecule has 0 radical (unpaired) electrons. The number of anilines is 1. The van der Waals surface area contributed by atoms with Crippen LogP contribution < -0.4 is 10.6 Å². The van der Waals surface area contributed by atoms with Gasteiger partial charge in [-0.2, -0.15) is 24.9 Å². The molecule has 1 aliphatic heterocycles. The molecule has 0 bridgehead atoms. The largest absolute Gasteiger partial charge is 0.416 e. The van der Waals surface area contributed by atoms with E-state index in [1.807, 2.05) is 35.3 Å². The first-order valence-electron chi connectivity index (χ1n) is 9.85. The van der Waals surface area contributed by atoms with E-state index < -0.39 is 11.7 Å². The van der Waals surface area contributed by atoms with Gasteiger partial charge in [0.25, 0.3) is 0 Å². The molecule has 0 aliphatic carbocycles. The SMILES string of the molecule is CSC1CC(SC)(SC)c2cc(NC(=S)NCc3ccc(C(F)(F)F)cc3)ccc2[SH]1C. The van der Waals surface area contributed by atoms with E-state index in [9.17, 15) is 13.2 Å². The molecular formula is C22H27F3N2S5. The van der Waals surface area contributed by atoms with Gasteiger partial charge in [0.1, 0.15) is 0 Å². The lowest BCUT2D eigenvalue weighted by atomic mass is 10.1. The Morgan fingerprint density at radius 1 is 1.12 bits per heavy atom. The minimum atomic E-state index is -4.33. The van der Waals surface area contributed by atoms with Gasteiger partial charge in [-0.15, -0.1) is 23.5 Å². The summed E-state index contributed by atoms with van der Waals surface area (Å²) in [4.78, 5) is 1.45. The standard InChI is InChI=1S/C22H27F3N2S5/c1-29-19-12-21(30-2,31-3)17-11-16(9-10-18(17)32(19)4)27-20(28)26-13-14-5-7-15(8-6-14)22(23,24)25/h5-11,19,32H,12-13H2,1-4H3,(H2,26,27,28). The molecule has 32 heavy (non-hydrogen) atoms. The Morgan fingerprint density at radius 3 is 2.34 bits per heavy atom. The number of fused-ring (bicyclic) bond motifs is 1. The topological polar surface area (TPSA) is 24.1 Å². The Bertz CT molecular complexity index is 946. The highest BCUT2D eigenvalue weighted by molar-refractivity contribution is 8.27. The number of thioether (sulfide) groups is 3. The second-order valence-corrected chi connectivity index (χ2v) is 14.0. The summed E-state index contributed by atoms with van der Waals surface area (Å²) >= 11 is 11.2. The first-order valence-corrected chi connectivity index (χ1v) is 15.9. The number of hydrogen-bond donors (Lipinski definition) is 3. The van der Waals surface area contributed by atoms with Crippen LogP contribution in [-0.2, 0) is 16.8 Å². The number of thiocarbonyl (C=S) groups is 1. The number of rotatable bonds is 6. The molecule has 0 amide bonds. The molecular weight excluding hydrogens is 510 g/mol. The van der Waals surface area contributed by atoms with E-state index in [2.05, 4.69) is 53.9 Å². The van der Waals surface area contributed by atoms with Crippen LogP contribution in [0, 0.1) is 0 Å². The summed E-state index contributed by atoms with van der Waals surface area (Å²) in [5.74, 6) is 0. The van der Waals surface area contributed by atoms with Crippen molar-refractivity contribution < 1.29 is 13.2 Å². The van der Waals surface area contributed by atoms with Crippen molar-refractivity contribution in [2.75, 3.05) is 30.3 Å². The first-order chi connectivity index (χ1) is 15.1. The summed E-state index contributed by atoms with van der Waals surface area (Å²) in [6.07, 6.45) is 5.73. The van der Waals surface area contributed by atoms with Crippen molar-refractivity contribution >= 4 is 69.2 Å². The van der Waals surface area contributed by atoms with Crippen molar-refractivity contribution in [3.05, 3.63) is 59.2 Å². The normalized spacial score (nSPS) is 21.0. The van der Waals surface area contributed by atoms with E-state index in [-0.39, 0.29) is 15.0 Å². The molecule has 1 aliphatic rings. The van der Waals surface area contributed by atoms with Crippen molar-refractivity contribution in [3.8, 4) is 0 Å². The van der Waals surface area contributed by atoms with Gasteiger partial charge < -0.3 is 10.6 Å². The van der Waals surface area contributed by atoms with Crippen LogP contribution in [-0.4, -0.2) is 34.7 Å². The maximum Gasteiger partial charge on any atom is 0.416 e. The summed E-state index contributed by atoms with van der Waals surface area (Å²) in [6.45, 7) is 0.351. The van der Waals surface area contributed by atoms with Crippen molar-refractivity contribution in [1.29, 1.82) is 0 Å². The van der Waals surface area contributed by atoms with Gasteiger partial charge in [0.05, 0.1) is 9.64 Å². The van der Waals surface area contributed by atoms with Crippen LogP contribution >= 0.6 is 58.4 Å². The van der Waals surface area contributed by atoms with E-state index in [1.54, 1.807) is 0 Å². The fraction of sp³-hybridized carbons (Fsp3) is 0.409. The quantitative estimate of drug-likeness (QED) is 0.206. The first kappa shape index (κ1) is 25.9. The van der Waals surface area contributed by atoms with Crippen LogP contribution in [0.4, 0.5) is 18.9 Å². The van der Waals surface area contributed by atoms with E-state index in [0.29, 0.717) is 16.2 Å². The van der Waals surface area contributed by atoms with Crippen LogP contribution in [0.25, 0.3) is 0 Å². The smallest absolute Gasteiger partial charge is 0.358 e. The molecule has 0 spiro atoms. The monoisotopic (exact) mass is 536 g/mol. The molecule has 10 heteroatoms. The molecule has 176 valence electrons. The molecule has 2 atom stereocenters. The van der Waals surface area contributed by atoms with Gasteiger partial charge in [-0.3, -0.25) is 0 Å². The van der Waals surface area contributed by atoms with Gasteiger partial charge >= 0.3 is 6.18 Å². The molecule has 0 aromatic heterocycles. The molecule has 0 fully saturated rings. The Hall–Kier alpha value is -0.680. The van der Waals surface area contributed by atoms with Crippen LogP contribution in [0.5, 0.6) is 0 Å². The lowest BCUT2D eigenvalue weighted by Crippen LogP contribution is -2.30. The van der Waals surface area contributed by atoms with Crippen LogP contribution in [0.15, 0.2) is 47.4 Å². The molecule has 0 saturated heterocycles. The molecule has 1 heterocycles. The Balaban J connectivity index is 1.71. The summed E-state index contributed by atoms with van der Waals surface area (Å²) in [5, 5.41) is 6.78. The van der Waals surface area contributed by atoms with Gasteiger partial charge in [0, 0.05) is 16.8 Å². The Labute approximate surface area is 209 Å². The molecule has 2 N–H and O–H groups in total. The predicted molar refractivity (Wildman–Crippen MR) is 145 cm³/mol. The average Bonchev–Trinajstić information content (AvgIpc) is 2.78. The molecule has 2 aromatic carbocycles. The number of nitrogens with one attached hydrogen (secondary N) is 2. The van der Waals surface area contributed by atoms with Crippen molar-refractivity contribution in [2.24, 2.45) is 0 Å². The van der Waals surface area contributed by atoms with Gasteiger partial charge in [-0.25, -0.2) is 10.9 Å². The number of alkyl halides is 3. The zero-order valence-corrected chi connectivity index (χ0v) is 22.4. The molecule has 2 unspecified atom stereocenters. The lowest BCUT2D eigenvalue weighted by Gasteiger charge is -2.45. The molecule has 2 aromatic rings. The average molecular weight is 537 g/mol. The molecule has 0 saturated carbocycles. The zero-order valence-electron chi connectivity index (χ0n) is 18.2. The van der Waals surface area contributed by atoms with E-state index in [4.69, 9.17) is 12.2 Å². The molecule has 3 rings (SSSR count). The van der Waals surface area contributed by atoms with Gasteiger partial charge in [0.15, 0.2) is 5.11 Å². The highest BCUT2D eigenvalue weighted by Gasteiger charge is 2.41. The number of halogens is 3. The second kappa shape index (κ2) is 10.7. The van der Waals surface area contributed by atoms with Gasteiger partial charge in [-0.05, 0) is 90.0 Å². The maximum absolute atomic E-state index is 12.7. The number of benzene rings is 2. The minimum Gasteiger partial charge on any atom is -0.358 e. The van der Waals surface area contributed by atoms with Crippen LogP contribution in [0.1, 0.15) is 23.1 Å². The Kier molecular flexibility index (Phi) is 8.68. The summed E-state index contributed by atoms with van der Waals surface area (Å²) < 4.78 is 38.8. The van der Waals surface area contributed by atoms with Gasteiger partial charge in [-0.1, -0.05) is 12.1 Å². The predicted octanol–water partition coefficient (Wildman–Crippen LogP) is 7.15. The van der Waals surface area contributed by atoms with Crippen molar-refractivity contribution in [3.63, 3.8) is 0 Å². The zero-order chi connectivity index (χ0) is 23.5. The summed E-state index contributed by atoms with van der Waals surface area (Å²) in [6, 6.07) is 11.6. The summed E-state index contributed by atoms with van der Waals surface area (Å²) in [5.41, 5.74) is 2.37. The van der Waals surface area contributed by atoms with Crippen LogP contribution in [0.2, 0.25) is 0 Å². The lowest BCUT2D eigenvalue weighted by molar-refractivity contribution is -0.137. The third kappa shape index (κ3) is 5.68.